The van der Waals surface area contributed by atoms with Crippen LogP contribution in [0.5, 0.6) is 0 Å². The summed E-state index contributed by atoms with van der Waals surface area (Å²) in [6.07, 6.45) is 0. The Hall–Kier alpha value is -2.37. The Morgan fingerprint density at radius 3 is 2.78 bits per heavy atom. The number of carboxylic acids is 1. The van der Waals surface area contributed by atoms with Crippen molar-refractivity contribution >= 4 is 12.0 Å². The highest BCUT2D eigenvalue weighted by Crippen LogP contribution is 2.26. The molecule has 0 aromatic heterocycles. The smallest absolute Gasteiger partial charge is 0.335 e. The van der Waals surface area contributed by atoms with Crippen LogP contribution in [0.4, 0.5) is 9.18 Å². The minimum absolute atomic E-state index is 0.000185. The Labute approximate surface area is 102 Å². The van der Waals surface area contributed by atoms with Crippen molar-refractivity contribution in [3.8, 4) is 0 Å². The molecule has 1 aromatic rings. The average Bonchev–Trinajstić information content (AvgIpc) is 2.27. The van der Waals surface area contributed by atoms with E-state index in [1.165, 1.54) is 25.1 Å². The van der Waals surface area contributed by atoms with Crippen LogP contribution >= 0.6 is 0 Å². The van der Waals surface area contributed by atoms with Crippen molar-refractivity contribution in [2.75, 3.05) is 0 Å². The first-order valence-electron chi connectivity index (χ1n) is 5.26. The lowest BCUT2D eigenvalue weighted by Gasteiger charge is -2.27. The third-order valence-corrected chi connectivity index (χ3v) is 2.68. The Morgan fingerprint density at radius 2 is 2.17 bits per heavy atom. The van der Waals surface area contributed by atoms with Crippen molar-refractivity contribution in [3.05, 3.63) is 46.9 Å². The van der Waals surface area contributed by atoms with E-state index in [0.717, 1.165) is 0 Å². The molecule has 0 saturated carbocycles. The van der Waals surface area contributed by atoms with E-state index in [9.17, 15) is 14.0 Å². The van der Waals surface area contributed by atoms with Crippen LogP contribution in [0.2, 0.25) is 0 Å². The number of halogens is 1. The molecule has 3 N–H and O–H groups in total. The van der Waals surface area contributed by atoms with Crippen molar-refractivity contribution in [1.82, 2.24) is 10.6 Å². The predicted octanol–water partition coefficient (Wildman–Crippen LogP) is 1.54. The Morgan fingerprint density at radius 1 is 1.44 bits per heavy atom. The third kappa shape index (κ3) is 2.17. The number of rotatable bonds is 2. The lowest BCUT2D eigenvalue weighted by Crippen LogP contribution is -2.45. The van der Waals surface area contributed by atoms with Crippen molar-refractivity contribution in [2.24, 2.45) is 0 Å². The number of carbonyl (C=O) groups excluding carboxylic acids is 1. The maximum Gasteiger partial charge on any atom is 0.335 e. The van der Waals surface area contributed by atoms with Gasteiger partial charge in [-0.05, 0) is 24.6 Å². The molecule has 94 valence electrons. The fraction of sp³-hybridized carbons (Fsp3) is 0.167. The number of nitrogens with one attached hydrogen (secondary N) is 2. The first kappa shape index (κ1) is 12.1. The van der Waals surface area contributed by atoms with E-state index in [4.69, 9.17) is 5.11 Å². The first-order chi connectivity index (χ1) is 8.49. The molecule has 0 bridgehead atoms. The van der Waals surface area contributed by atoms with E-state index in [1.54, 1.807) is 6.07 Å². The summed E-state index contributed by atoms with van der Waals surface area (Å²) in [6, 6.07) is 4.12. The zero-order valence-electron chi connectivity index (χ0n) is 9.53. The summed E-state index contributed by atoms with van der Waals surface area (Å²) in [5.41, 5.74) is 0.641. The van der Waals surface area contributed by atoms with Gasteiger partial charge in [0.05, 0.1) is 11.6 Å². The second-order valence-corrected chi connectivity index (χ2v) is 3.93. The number of carbonyl (C=O) groups is 2. The topological polar surface area (TPSA) is 78.4 Å². The maximum atomic E-state index is 13.2. The summed E-state index contributed by atoms with van der Waals surface area (Å²) in [5.74, 6) is -1.64. The number of hydrogen-bond acceptors (Lipinski definition) is 2. The fourth-order valence-corrected chi connectivity index (χ4v) is 1.91. The molecular weight excluding hydrogens is 239 g/mol. The lowest BCUT2D eigenvalue weighted by atomic mass is 9.96. The van der Waals surface area contributed by atoms with Crippen molar-refractivity contribution in [1.29, 1.82) is 0 Å². The van der Waals surface area contributed by atoms with Gasteiger partial charge in [-0.3, -0.25) is 0 Å². The molecule has 0 aliphatic carbocycles. The van der Waals surface area contributed by atoms with Crippen molar-refractivity contribution < 1.29 is 19.1 Å². The highest BCUT2D eigenvalue weighted by molar-refractivity contribution is 5.93. The highest BCUT2D eigenvalue weighted by atomic mass is 19.1. The molecule has 1 aromatic carbocycles. The number of aliphatic carboxylic acids is 1. The van der Waals surface area contributed by atoms with Crippen LogP contribution in [0.3, 0.4) is 0 Å². The zero-order chi connectivity index (χ0) is 13.3. The van der Waals surface area contributed by atoms with E-state index >= 15 is 0 Å². The first-order valence-corrected chi connectivity index (χ1v) is 5.26. The molecule has 1 unspecified atom stereocenters. The van der Waals surface area contributed by atoms with Gasteiger partial charge in [-0.1, -0.05) is 12.1 Å². The monoisotopic (exact) mass is 250 g/mol. The standard InChI is InChI=1S/C12H11FN2O3/c1-6-9(11(16)17)10(15-12(18)14-6)7-3-2-4-8(13)5-7/h2-5,10H,1H3,(H,16,17)(H2,14,15,18). The van der Waals surface area contributed by atoms with Gasteiger partial charge < -0.3 is 15.7 Å². The second-order valence-electron chi connectivity index (χ2n) is 3.93. The normalized spacial score (nSPS) is 19.2. The molecule has 1 heterocycles. The van der Waals surface area contributed by atoms with Gasteiger partial charge in [0.2, 0.25) is 0 Å². The minimum Gasteiger partial charge on any atom is -0.478 e. The summed E-state index contributed by atoms with van der Waals surface area (Å²) in [6.45, 7) is 1.49. The number of benzene rings is 1. The van der Waals surface area contributed by atoms with Gasteiger partial charge >= 0.3 is 12.0 Å². The van der Waals surface area contributed by atoms with Gasteiger partial charge in [0.1, 0.15) is 5.82 Å². The van der Waals surface area contributed by atoms with Gasteiger partial charge in [-0.15, -0.1) is 0 Å². The van der Waals surface area contributed by atoms with E-state index < -0.39 is 23.9 Å². The maximum absolute atomic E-state index is 13.2. The van der Waals surface area contributed by atoms with Crippen LogP contribution in [-0.2, 0) is 4.79 Å². The van der Waals surface area contributed by atoms with Crippen LogP contribution in [0, 0.1) is 5.82 Å². The van der Waals surface area contributed by atoms with Crippen LogP contribution < -0.4 is 10.6 Å². The molecule has 2 amide bonds. The summed E-state index contributed by atoms with van der Waals surface area (Å²) < 4.78 is 13.2. The Bertz CT molecular complexity index is 554. The number of hydrogen-bond donors (Lipinski definition) is 3. The molecule has 5 nitrogen and oxygen atoms in total. The number of amides is 2. The summed E-state index contributed by atoms with van der Waals surface area (Å²) in [4.78, 5) is 22.6. The number of allylic oxidation sites excluding steroid dienone is 1. The van der Waals surface area contributed by atoms with Crippen molar-refractivity contribution in [2.45, 2.75) is 13.0 Å². The largest absolute Gasteiger partial charge is 0.478 e. The van der Waals surface area contributed by atoms with Crippen LogP contribution in [-0.4, -0.2) is 17.1 Å². The van der Waals surface area contributed by atoms with Crippen LogP contribution in [0.15, 0.2) is 35.5 Å². The van der Waals surface area contributed by atoms with E-state index in [-0.39, 0.29) is 11.3 Å². The Kier molecular flexibility index (Phi) is 3.01. The molecule has 0 fully saturated rings. The van der Waals surface area contributed by atoms with Crippen LogP contribution in [0.1, 0.15) is 18.5 Å². The van der Waals surface area contributed by atoms with Gasteiger partial charge in [0.15, 0.2) is 0 Å². The van der Waals surface area contributed by atoms with Gasteiger partial charge in [0.25, 0.3) is 0 Å². The molecule has 1 aliphatic heterocycles. The Balaban J connectivity index is 2.50. The van der Waals surface area contributed by atoms with Crippen molar-refractivity contribution in [3.63, 3.8) is 0 Å². The molecule has 0 radical (unpaired) electrons. The quantitative estimate of drug-likeness (QED) is 0.745. The number of carboxylic acid groups (broad SMARTS) is 1. The molecular formula is C12H11FN2O3. The summed E-state index contributed by atoms with van der Waals surface area (Å²) in [5, 5.41) is 14.0. The predicted molar refractivity (Wildman–Crippen MR) is 61.1 cm³/mol. The van der Waals surface area contributed by atoms with Gasteiger partial charge in [-0.25, -0.2) is 14.0 Å². The van der Waals surface area contributed by atoms with E-state index in [2.05, 4.69) is 10.6 Å². The van der Waals surface area contributed by atoms with Crippen LogP contribution in [0.25, 0.3) is 0 Å². The minimum atomic E-state index is -1.16. The zero-order valence-corrected chi connectivity index (χ0v) is 9.53. The second kappa shape index (κ2) is 4.48. The lowest BCUT2D eigenvalue weighted by molar-refractivity contribution is -0.133. The molecule has 18 heavy (non-hydrogen) atoms. The molecule has 6 heteroatoms. The number of urea groups is 1. The SMILES string of the molecule is CC1=C(C(=O)O)C(c2cccc(F)c2)NC(=O)N1. The third-order valence-electron chi connectivity index (χ3n) is 2.68. The highest BCUT2D eigenvalue weighted by Gasteiger charge is 2.30. The van der Waals surface area contributed by atoms with Gasteiger partial charge in [-0.2, -0.15) is 0 Å². The molecule has 1 aliphatic rings. The molecule has 0 spiro atoms. The summed E-state index contributed by atoms with van der Waals surface area (Å²) >= 11 is 0. The summed E-state index contributed by atoms with van der Waals surface area (Å²) in [7, 11) is 0. The van der Waals surface area contributed by atoms with E-state index in [0.29, 0.717) is 5.56 Å². The molecule has 0 saturated heterocycles. The van der Waals surface area contributed by atoms with Gasteiger partial charge in [0, 0.05) is 5.70 Å². The van der Waals surface area contributed by atoms with E-state index in [1.807, 2.05) is 0 Å². The fourth-order valence-electron chi connectivity index (χ4n) is 1.91. The molecule has 1 atom stereocenters. The average molecular weight is 250 g/mol. The molecule has 2 rings (SSSR count).